The van der Waals surface area contributed by atoms with Crippen LogP contribution in [0.15, 0.2) is 18.3 Å². The fourth-order valence-electron chi connectivity index (χ4n) is 2.13. The van der Waals surface area contributed by atoms with Gasteiger partial charge in [0, 0.05) is 41.6 Å². The first-order valence-electron chi connectivity index (χ1n) is 5.32. The Kier molecular flexibility index (Phi) is 2.53. The number of rotatable bonds is 1. The Morgan fingerprint density at radius 3 is 2.88 bits per heavy atom. The molecule has 0 atom stereocenters. The third-order valence-corrected chi connectivity index (χ3v) is 3.46. The van der Waals surface area contributed by atoms with Gasteiger partial charge in [-0.25, -0.2) is 0 Å². The molecule has 0 unspecified atom stereocenters. The van der Waals surface area contributed by atoms with E-state index in [0.717, 1.165) is 35.1 Å². The van der Waals surface area contributed by atoms with Gasteiger partial charge in [-0.3, -0.25) is 4.68 Å². The maximum absolute atomic E-state index is 6.19. The zero-order valence-corrected chi connectivity index (χ0v) is 10.8. The summed E-state index contributed by atoms with van der Waals surface area (Å²) in [6, 6.07) is 6.83. The normalized spacial score (nSPS) is 14.2. The van der Waals surface area contributed by atoms with Gasteiger partial charge in [-0.2, -0.15) is 5.10 Å². The van der Waals surface area contributed by atoms with Crippen LogP contribution < -0.4 is 4.90 Å². The molecule has 0 aliphatic carbocycles. The van der Waals surface area contributed by atoms with E-state index >= 15 is 0 Å². The lowest BCUT2D eigenvalue weighted by molar-refractivity contribution is 0.761. The summed E-state index contributed by atoms with van der Waals surface area (Å²) < 4.78 is 1.74. The van der Waals surface area contributed by atoms with Crippen LogP contribution in [0, 0.1) is 6.07 Å². The van der Waals surface area contributed by atoms with E-state index in [1.807, 2.05) is 13.1 Å². The number of hydrogen-bond donors (Lipinski definition) is 0. The lowest BCUT2D eigenvalue weighted by Crippen LogP contribution is -2.14. The van der Waals surface area contributed by atoms with Crippen LogP contribution in [0.25, 0.3) is 0 Å². The Morgan fingerprint density at radius 2 is 2.18 bits per heavy atom. The number of anilines is 2. The Balaban J connectivity index is 2.09. The van der Waals surface area contributed by atoms with Crippen LogP contribution in [0.1, 0.15) is 5.56 Å². The molecule has 2 aromatic rings. The Morgan fingerprint density at radius 1 is 1.35 bits per heavy atom. The monoisotopic (exact) mass is 266 g/mol. The highest BCUT2D eigenvalue weighted by Crippen LogP contribution is 2.39. The quantitative estimate of drug-likeness (QED) is 0.791. The second kappa shape index (κ2) is 3.93. The van der Waals surface area contributed by atoms with Crippen molar-refractivity contribution in [3.63, 3.8) is 0 Å². The molecule has 1 aromatic carbocycles. The second-order valence-corrected chi connectivity index (χ2v) is 4.90. The SMILES string of the molecule is Cn1c[c]c(N2CCc3c(Cl)cc(Cl)cc32)n1. The minimum atomic E-state index is 0.650. The second-order valence-electron chi connectivity index (χ2n) is 4.06. The summed E-state index contributed by atoms with van der Waals surface area (Å²) in [6.07, 6.45) is 2.72. The van der Waals surface area contributed by atoms with Crippen molar-refractivity contribution in [3.8, 4) is 0 Å². The lowest BCUT2D eigenvalue weighted by Gasteiger charge is -2.16. The zero-order chi connectivity index (χ0) is 12.0. The average molecular weight is 267 g/mol. The van der Waals surface area contributed by atoms with Crippen molar-refractivity contribution in [2.75, 3.05) is 11.4 Å². The summed E-state index contributed by atoms with van der Waals surface area (Å²) in [5.74, 6) is 0.810. The molecule has 0 bridgehead atoms. The number of halogens is 2. The first-order chi connectivity index (χ1) is 8.15. The van der Waals surface area contributed by atoms with Gasteiger partial charge in [-0.05, 0) is 24.1 Å². The molecule has 5 heteroatoms. The first-order valence-corrected chi connectivity index (χ1v) is 6.07. The summed E-state index contributed by atoms with van der Waals surface area (Å²) in [4.78, 5) is 2.09. The van der Waals surface area contributed by atoms with E-state index < -0.39 is 0 Å². The molecule has 87 valence electrons. The zero-order valence-electron chi connectivity index (χ0n) is 9.24. The highest BCUT2D eigenvalue weighted by Gasteiger charge is 2.24. The molecule has 0 N–H and O–H groups in total. The Labute approximate surface area is 110 Å². The average Bonchev–Trinajstić information content (AvgIpc) is 2.83. The molecule has 0 spiro atoms. The van der Waals surface area contributed by atoms with Gasteiger partial charge in [0.05, 0.1) is 0 Å². The molecule has 17 heavy (non-hydrogen) atoms. The van der Waals surface area contributed by atoms with Gasteiger partial charge >= 0.3 is 0 Å². The van der Waals surface area contributed by atoms with Gasteiger partial charge in [0.15, 0.2) is 5.82 Å². The molecule has 0 fully saturated rings. The van der Waals surface area contributed by atoms with E-state index in [2.05, 4.69) is 16.1 Å². The van der Waals surface area contributed by atoms with E-state index in [4.69, 9.17) is 23.2 Å². The predicted octanol–water partition coefficient (Wildman–Crippen LogP) is 3.22. The molecule has 0 saturated carbocycles. The number of aryl methyl sites for hydroxylation is 1. The maximum atomic E-state index is 6.19. The molecular formula is C12H10Cl2N3. The fourth-order valence-corrected chi connectivity index (χ4v) is 2.71. The number of fused-ring (bicyclic) bond motifs is 1. The van der Waals surface area contributed by atoms with Crippen molar-refractivity contribution in [2.24, 2.45) is 7.05 Å². The minimum Gasteiger partial charge on any atom is -0.324 e. The standard InChI is InChI=1S/C12H10Cl2N3/c1-16-4-3-12(15-16)17-5-2-9-10(14)6-8(13)7-11(9)17/h4,6-7H,2,5H2,1H3. The molecule has 0 amide bonds. The molecule has 1 radical (unpaired) electrons. The van der Waals surface area contributed by atoms with Crippen LogP contribution in [0.2, 0.25) is 10.0 Å². The van der Waals surface area contributed by atoms with Gasteiger partial charge < -0.3 is 4.90 Å². The van der Waals surface area contributed by atoms with E-state index in [-0.39, 0.29) is 0 Å². The smallest absolute Gasteiger partial charge is 0.163 e. The molecule has 1 aliphatic rings. The summed E-state index contributed by atoms with van der Waals surface area (Å²) in [5.41, 5.74) is 2.17. The maximum Gasteiger partial charge on any atom is 0.163 e. The van der Waals surface area contributed by atoms with Gasteiger partial charge in [0.25, 0.3) is 0 Å². The number of aromatic nitrogens is 2. The van der Waals surface area contributed by atoms with Crippen molar-refractivity contribution in [3.05, 3.63) is 40.0 Å². The van der Waals surface area contributed by atoms with E-state index in [1.165, 1.54) is 0 Å². The van der Waals surface area contributed by atoms with E-state index in [0.29, 0.717) is 5.02 Å². The van der Waals surface area contributed by atoms with Crippen molar-refractivity contribution in [2.45, 2.75) is 6.42 Å². The molecule has 1 aromatic heterocycles. The molecule has 0 saturated heterocycles. The Hall–Kier alpha value is -1.19. The number of benzene rings is 1. The summed E-state index contributed by atoms with van der Waals surface area (Å²) in [6.45, 7) is 0.864. The summed E-state index contributed by atoms with van der Waals surface area (Å²) in [5, 5.41) is 5.73. The predicted molar refractivity (Wildman–Crippen MR) is 69.2 cm³/mol. The van der Waals surface area contributed by atoms with Crippen LogP contribution in [0.5, 0.6) is 0 Å². The highest BCUT2D eigenvalue weighted by atomic mass is 35.5. The Bertz CT molecular complexity index is 577. The van der Waals surface area contributed by atoms with Gasteiger partial charge in [-0.1, -0.05) is 23.2 Å². The molecule has 2 heterocycles. The van der Waals surface area contributed by atoms with Gasteiger partial charge in [-0.15, -0.1) is 0 Å². The molecule has 3 nitrogen and oxygen atoms in total. The van der Waals surface area contributed by atoms with E-state index in [9.17, 15) is 0 Å². The number of nitrogens with zero attached hydrogens (tertiary/aromatic N) is 3. The van der Waals surface area contributed by atoms with E-state index in [1.54, 1.807) is 16.9 Å². The largest absolute Gasteiger partial charge is 0.324 e. The van der Waals surface area contributed by atoms with Gasteiger partial charge in [0.1, 0.15) is 0 Å². The molecular weight excluding hydrogens is 257 g/mol. The van der Waals surface area contributed by atoms with Crippen molar-refractivity contribution in [1.29, 1.82) is 0 Å². The van der Waals surface area contributed by atoms with Crippen LogP contribution in [0.3, 0.4) is 0 Å². The number of hydrogen-bond acceptors (Lipinski definition) is 2. The summed E-state index contributed by atoms with van der Waals surface area (Å²) in [7, 11) is 1.88. The molecule has 3 rings (SSSR count). The molecule has 1 aliphatic heterocycles. The third-order valence-electron chi connectivity index (χ3n) is 2.90. The topological polar surface area (TPSA) is 21.1 Å². The van der Waals surface area contributed by atoms with Crippen LogP contribution >= 0.6 is 23.2 Å². The van der Waals surface area contributed by atoms with Crippen LogP contribution in [-0.2, 0) is 13.5 Å². The van der Waals surface area contributed by atoms with Crippen molar-refractivity contribution >= 4 is 34.7 Å². The van der Waals surface area contributed by atoms with Crippen LogP contribution in [0.4, 0.5) is 11.5 Å². The highest BCUT2D eigenvalue weighted by molar-refractivity contribution is 6.35. The van der Waals surface area contributed by atoms with Crippen LogP contribution in [-0.4, -0.2) is 16.3 Å². The lowest BCUT2D eigenvalue weighted by atomic mass is 10.2. The van der Waals surface area contributed by atoms with Crippen molar-refractivity contribution < 1.29 is 0 Å². The third kappa shape index (κ3) is 1.79. The fraction of sp³-hybridized carbons (Fsp3) is 0.250. The first kappa shape index (κ1) is 10.9. The van der Waals surface area contributed by atoms with Gasteiger partial charge in [0.2, 0.25) is 0 Å². The van der Waals surface area contributed by atoms with Crippen molar-refractivity contribution in [1.82, 2.24) is 9.78 Å². The minimum absolute atomic E-state index is 0.650. The summed E-state index contributed by atoms with van der Waals surface area (Å²) >= 11 is 12.2.